The molecule has 0 atom stereocenters. The van der Waals surface area contributed by atoms with Gasteiger partial charge in [0.2, 0.25) is 5.28 Å². The second-order valence-electron chi connectivity index (χ2n) is 16.6. The average molecular weight is 1080 g/mol. The van der Waals surface area contributed by atoms with Gasteiger partial charge in [-0.25, -0.2) is 43.9 Å². The normalized spacial score (nSPS) is 11.4. The van der Waals surface area contributed by atoms with Crippen LogP contribution in [-0.4, -0.2) is 122 Å². The van der Waals surface area contributed by atoms with Gasteiger partial charge in [-0.3, -0.25) is 4.98 Å². The number of halogens is 1. The van der Waals surface area contributed by atoms with Gasteiger partial charge in [-0.15, -0.1) is 0 Å². The molecule has 0 aromatic carbocycles. The number of fused-ring (bicyclic) bond motifs is 12. The lowest BCUT2D eigenvalue weighted by Gasteiger charge is -2.19. The number of rotatable bonds is 10. The van der Waals surface area contributed by atoms with Gasteiger partial charge in [0.25, 0.3) is 0 Å². The van der Waals surface area contributed by atoms with Crippen LogP contribution in [0.3, 0.4) is 0 Å². The van der Waals surface area contributed by atoms with Gasteiger partial charge in [0.05, 0.1) is 79.5 Å². The second kappa shape index (κ2) is 23.4. The number of nitrogens with one attached hydrogen (secondary N) is 1. The van der Waals surface area contributed by atoms with Gasteiger partial charge in [-0.2, -0.15) is 15.0 Å². The predicted octanol–water partition coefficient (Wildman–Crippen LogP) is 7.68. The zero-order valence-corrected chi connectivity index (χ0v) is 43.7. The summed E-state index contributed by atoms with van der Waals surface area (Å²) in [6.45, 7) is 8.50. The number of hydrogen-bond donors (Lipinski definition) is 1. The van der Waals surface area contributed by atoms with E-state index in [-0.39, 0.29) is 35.2 Å². The summed E-state index contributed by atoms with van der Waals surface area (Å²) in [6.07, 6.45) is 15.3. The van der Waals surface area contributed by atoms with Crippen LogP contribution in [0.4, 0.5) is 0 Å². The van der Waals surface area contributed by atoms with E-state index in [4.69, 9.17) is 40.0 Å². The van der Waals surface area contributed by atoms with E-state index < -0.39 is 5.69 Å². The molecule has 0 saturated carbocycles. The van der Waals surface area contributed by atoms with Gasteiger partial charge in [0.15, 0.2) is 5.65 Å². The van der Waals surface area contributed by atoms with E-state index in [1.807, 2.05) is 39.4 Å². The zero-order valence-electron chi connectivity index (χ0n) is 42.9. The van der Waals surface area contributed by atoms with E-state index >= 15 is 0 Å². The van der Waals surface area contributed by atoms with Crippen LogP contribution in [0.5, 0.6) is 12.0 Å². The van der Waals surface area contributed by atoms with Crippen molar-refractivity contribution >= 4 is 85.1 Å². The molecule has 23 nitrogen and oxygen atoms in total. The molecular weight excluding hydrogens is 1030 g/mol. The van der Waals surface area contributed by atoms with Crippen molar-refractivity contribution in [2.75, 3.05) is 40.6 Å². The number of aromatic amines is 1. The fourth-order valence-corrected chi connectivity index (χ4v) is 8.78. The molecule has 0 radical (unpaired) electrons. The number of methoxy groups -OCH3 is 2. The number of carbonyl (C=O) groups excluding carboxylic acids is 4. The van der Waals surface area contributed by atoms with Crippen LogP contribution in [0.2, 0.25) is 5.28 Å². The predicted molar refractivity (Wildman–Crippen MR) is 285 cm³/mol. The standard InChI is InChI=1S/C14H15N3O3.C14H13N3O3.C13H10ClN3O2.C13H11N3O3/c2*1-3-20-13(18)10-6-7-17-11(10)5-4-9-8-15-14(19-2)16-12(9)17;1-2-19-12(18)9-5-6-17-10(9)4-3-8-7-15-13(14)16-11(8)17;1-2-19-12(17)9-5-6-16-10(9)4-3-8-7-14-13(18)15-11(8)16/h6-8H,3-5H2,1-2H3;4-8H,3H2,1-2H3;3-7H,2H2,1H3;3-7H,2H2,1H3,(H,14,15,18). The summed E-state index contributed by atoms with van der Waals surface area (Å²) in [5, 5.41) is 2.68. The summed E-state index contributed by atoms with van der Waals surface area (Å²) in [4.78, 5) is 90.1. The van der Waals surface area contributed by atoms with Crippen molar-refractivity contribution in [1.29, 1.82) is 0 Å². The number of ether oxygens (including phenoxy) is 6. The molecule has 24 heteroatoms. The maximum absolute atomic E-state index is 11.9. The van der Waals surface area contributed by atoms with Crippen LogP contribution in [0.25, 0.3) is 55.5 Å². The first kappa shape index (κ1) is 53.1. The largest absolute Gasteiger partial charge is 0.467 e. The Bertz CT molecular complexity index is 4130. The Labute approximate surface area is 447 Å². The molecule has 1 N–H and O–H groups in total. The van der Waals surface area contributed by atoms with Crippen LogP contribution in [0.15, 0.2) is 115 Å². The van der Waals surface area contributed by atoms with Crippen molar-refractivity contribution in [2.45, 2.75) is 40.5 Å². The van der Waals surface area contributed by atoms with E-state index in [0.717, 1.165) is 57.1 Å². The highest BCUT2D eigenvalue weighted by atomic mass is 35.5. The van der Waals surface area contributed by atoms with Crippen molar-refractivity contribution in [1.82, 2.24) is 57.6 Å². The van der Waals surface area contributed by atoms with Crippen molar-refractivity contribution in [3.63, 3.8) is 0 Å². The maximum atomic E-state index is 11.9. The minimum Gasteiger partial charge on any atom is -0.467 e. The van der Waals surface area contributed by atoms with Gasteiger partial charge in [0.1, 0.15) is 17.1 Å². The maximum Gasteiger partial charge on any atom is 0.346 e. The monoisotopic (exact) mass is 1080 g/mol. The third-order valence-electron chi connectivity index (χ3n) is 12.1. The van der Waals surface area contributed by atoms with E-state index in [1.54, 1.807) is 110 Å². The summed E-state index contributed by atoms with van der Waals surface area (Å²) in [7, 11) is 3.05. The first-order valence-electron chi connectivity index (χ1n) is 24.4. The highest BCUT2D eigenvalue weighted by Gasteiger charge is 2.25. The smallest absolute Gasteiger partial charge is 0.346 e. The molecule has 78 heavy (non-hydrogen) atoms. The van der Waals surface area contributed by atoms with Gasteiger partial charge < -0.3 is 46.2 Å². The first-order valence-corrected chi connectivity index (χ1v) is 24.8. The molecule has 0 aliphatic carbocycles. The Hall–Kier alpha value is -9.77. The van der Waals surface area contributed by atoms with E-state index in [2.05, 4.69) is 39.9 Å². The topological polar surface area (TPSA) is 265 Å². The van der Waals surface area contributed by atoms with Crippen LogP contribution < -0.4 is 15.2 Å². The fourth-order valence-electron chi connectivity index (χ4n) is 8.65. The fraction of sp³-hybridized carbons (Fsp3) is 0.222. The van der Waals surface area contributed by atoms with Crippen LogP contribution >= 0.6 is 11.6 Å². The highest BCUT2D eigenvalue weighted by Crippen LogP contribution is 2.28. The van der Waals surface area contributed by atoms with Crippen LogP contribution in [0, 0.1) is 0 Å². The summed E-state index contributed by atoms with van der Waals surface area (Å²) < 4.78 is 37.5. The molecule has 0 spiro atoms. The molecule has 0 unspecified atom stereocenters. The Morgan fingerprint density at radius 2 is 0.987 bits per heavy atom. The highest BCUT2D eigenvalue weighted by molar-refractivity contribution is 6.28. The molecule has 1 aliphatic rings. The SMILES string of the molecule is CCOC(=O)c1ccn2c1CCc1cnc(OC)nc1-2.CCOC(=O)c1ccn2c1ccc1cnc(=O)[nH]c12.CCOC(=O)c1ccn2c1ccc1cnc(Cl)nc12.CCOC(=O)c1ccn2c1ccc1cnc(OC)nc12. The summed E-state index contributed by atoms with van der Waals surface area (Å²) in [5.74, 6) is -0.569. The van der Waals surface area contributed by atoms with Gasteiger partial charge in [-0.05, 0) is 113 Å². The number of esters is 4. The number of nitrogens with zero attached hydrogens (tertiary/aromatic N) is 11. The molecule has 1 aliphatic heterocycles. The third kappa shape index (κ3) is 10.7. The first-order chi connectivity index (χ1) is 37.9. The number of pyridine rings is 3. The minimum absolute atomic E-state index is 0.173. The Morgan fingerprint density at radius 3 is 1.55 bits per heavy atom. The van der Waals surface area contributed by atoms with E-state index in [9.17, 15) is 24.0 Å². The molecule has 398 valence electrons. The molecule has 0 fully saturated rings. The van der Waals surface area contributed by atoms with Crippen molar-refractivity contribution in [3.05, 3.63) is 160 Å². The molecular formula is C54H49ClN12O11. The third-order valence-corrected chi connectivity index (χ3v) is 12.3. The van der Waals surface area contributed by atoms with Crippen molar-refractivity contribution in [2.24, 2.45) is 0 Å². The van der Waals surface area contributed by atoms with Gasteiger partial charge in [0, 0.05) is 77.0 Å². The van der Waals surface area contributed by atoms with Crippen molar-refractivity contribution < 1.29 is 47.6 Å². The molecule has 12 heterocycles. The van der Waals surface area contributed by atoms with Gasteiger partial charge >= 0.3 is 41.6 Å². The second-order valence-corrected chi connectivity index (χ2v) is 17.0. The average Bonchev–Trinajstić information content (AvgIpc) is 4.44. The van der Waals surface area contributed by atoms with E-state index in [0.29, 0.717) is 77.2 Å². The summed E-state index contributed by atoms with van der Waals surface area (Å²) >= 11 is 5.81. The molecule has 11 aromatic heterocycles. The quantitative estimate of drug-likeness (QED) is 0.0781. The molecule has 11 aromatic rings. The van der Waals surface area contributed by atoms with E-state index in [1.165, 1.54) is 20.4 Å². The summed E-state index contributed by atoms with van der Waals surface area (Å²) in [6, 6.07) is 18.5. The number of aryl methyl sites for hydroxylation is 1. The zero-order chi connectivity index (χ0) is 55.0. The number of H-pyrrole nitrogens is 1. The summed E-state index contributed by atoms with van der Waals surface area (Å²) in [5.41, 5.74) is 7.78. The minimum atomic E-state index is -0.425. The lowest BCUT2D eigenvalue weighted by atomic mass is 10.0. The molecule has 12 rings (SSSR count). The number of aromatic nitrogens is 12. The van der Waals surface area contributed by atoms with Crippen molar-refractivity contribution in [3.8, 4) is 17.8 Å². The van der Waals surface area contributed by atoms with Gasteiger partial charge in [-0.1, -0.05) is 0 Å². The van der Waals surface area contributed by atoms with Crippen LogP contribution in [0.1, 0.15) is 80.4 Å². The van der Waals surface area contributed by atoms with Crippen LogP contribution in [-0.2, 0) is 31.8 Å². The number of hydrogen-bond acceptors (Lipinski definition) is 18. The molecule has 0 saturated heterocycles. The number of carbonyl (C=O) groups is 4. The Balaban J connectivity index is 0.000000126. The lowest BCUT2D eigenvalue weighted by Crippen LogP contribution is -2.17. The Morgan fingerprint density at radius 1 is 0.526 bits per heavy atom. The molecule has 0 amide bonds. The molecule has 0 bridgehead atoms. The lowest BCUT2D eigenvalue weighted by molar-refractivity contribution is 0.0516. The Kier molecular flexibility index (Phi) is 15.9.